The quantitative estimate of drug-likeness (QED) is 0.522. The van der Waals surface area contributed by atoms with Gasteiger partial charge in [0.05, 0.1) is 10.6 Å². The Morgan fingerprint density at radius 2 is 2.22 bits per heavy atom. The third-order valence-corrected chi connectivity index (χ3v) is 1.28. The van der Waals surface area contributed by atoms with Crippen LogP contribution in [0.25, 0.3) is 0 Å². The first-order valence-corrected chi connectivity index (χ1v) is 2.93. The Labute approximate surface area is 58.7 Å². The topological polar surface area (TPSA) is 51.8 Å². The second kappa shape index (κ2) is 2.23. The lowest BCUT2D eigenvalue weighted by molar-refractivity contribution is 0.964. The first-order chi connectivity index (χ1) is 4.20. The molecule has 1 aromatic rings. The smallest absolute Gasteiger partial charge is 0.159 e. The maximum absolute atomic E-state index is 5.34. The highest BCUT2D eigenvalue weighted by molar-refractivity contribution is 7.80. The Morgan fingerprint density at radius 3 is 2.67 bits per heavy atom. The lowest BCUT2D eigenvalue weighted by atomic mass is 10.4. The summed E-state index contributed by atoms with van der Waals surface area (Å²) in [6.45, 7) is 1.84. The van der Waals surface area contributed by atoms with Gasteiger partial charge in [-0.3, -0.25) is 0 Å². The van der Waals surface area contributed by atoms with Crippen LogP contribution in [0.5, 0.6) is 0 Å². The minimum absolute atomic E-state index is 0.379. The molecule has 0 bridgehead atoms. The molecule has 1 heterocycles. The number of nitrogens with two attached hydrogens (primary N) is 1. The van der Waals surface area contributed by atoms with Crippen LogP contribution in [0, 0.1) is 6.92 Å². The average molecular weight is 141 g/mol. The van der Waals surface area contributed by atoms with E-state index in [0.29, 0.717) is 10.7 Å². The number of thiol groups is 1. The number of hydrogen-bond donors (Lipinski definition) is 2. The van der Waals surface area contributed by atoms with Crippen molar-refractivity contribution in [1.29, 1.82) is 0 Å². The molecule has 4 heteroatoms. The summed E-state index contributed by atoms with van der Waals surface area (Å²) in [5, 5.41) is 7.35. The van der Waals surface area contributed by atoms with Crippen LogP contribution in [0.2, 0.25) is 0 Å². The van der Waals surface area contributed by atoms with E-state index in [9.17, 15) is 0 Å². The van der Waals surface area contributed by atoms with Crippen molar-refractivity contribution in [2.24, 2.45) is 0 Å². The summed E-state index contributed by atoms with van der Waals surface area (Å²) in [6, 6.07) is 1.77. The molecule has 1 rings (SSSR count). The molecule has 0 saturated heterocycles. The highest BCUT2D eigenvalue weighted by atomic mass is 32.1. The Bertz CT molecular complexity index is 223. The summed E-state index contributed by atoms with van der Waals surface area (Å²) in [5.74, 6) is 0.379. The van der Waals surface area contributed by atoms with Gasteiger partial charge in [-0.25, -0.2) is 0 Å². The average Bonchev–Trinajstić information content (AvgIpc) is 1.80. The fourth-order valence-electron chi connectivity index (χ4n) is 0.485. The van der Waals surface area contributed by atoms with Gasteiger partial charge in [0.25, 0.3) is 0 Å². The number of nitrogen functional groups attached to an aromatic ring is 1. The molecule has 0 amide bonds. The van der Waals surface area contributed by atoms with Crippen LogP contribution in [0.4, 0.5) is 5.82 Å². The van der Waals surface area contributed by atoms with Crippen molar-refractivity contribution in [1.82, 2.24) is 10.2 Å². The van der Waals surface area contributed by atoms with Gasteiger partial charge in [-0.1, -0.05) is 0 Å². The number of hydrogen-bond acceptors (Lipinski definition) is 4. The predicted octanol–water partition coefficient (Wildman–Crippen LogP) is 0.656. The molecule has 0 aliphatic carbocycles. The number of rotatable bonds is 0. The van der Waals surface area contributed by atoms with Gasteiger partial charge in [-0.2, -0.15) is 5.10 Å². The second-order valence-corrected chi connectivity index (χ2v) is 2.24. The molecule has 0 aliphatic rings. The van der Waals surface area contributed by atoms with Crippen molar-refractivity contribution in [3.05, 3.63) is 11.8 Å². The number of aryl methyl sites for hydroxylation is 1. The van der Waals surface area contributed by atoms with Crippen LogP contribution in [-0.2, 0) is 0 Å². The standard InChI is InChI=1S/C5H7N3S/c1-3-2-4(9)5(6)8-7-3/h2H,1H3,(H2,6,8)(H,7,9). The molecule has 2 N–H and O–H groups in total. The summed E-state index contributed by atoms with van der Waals surface area (Å²) >= 11 is 4.04. The van der Waals surface area contributed by atoms with E-state index in [1.165, 1.54) is 0 Å². The molecule has 0 radical (unpaired) electrons. The zero-order valence-corrected chi connectivity index (χ0v) is 5.89. The van der Waals surface area contributed by atoms with Crippen molar-refractivity contribution in [3.8, 4) is 0 Å². The van der Waals surface area contributed by atoms with Crippen molar-refractivity contribution in [3.63, 3.8) is 0 Å². The molecule has 9 heavy (non-hydrogen) atoms. The minimum atomic E-state index is 0.379. The molecule has 0 spiro atoms. The summed E-state index contributed by atoms with van der Waals surface area (Å²) in [4.78, 5) is 0.683. The van der Waals surface area contributed by atoms with Crippen LogP contribution in [0.3, 0.4) is 0 Å². The Balaban J connectivity index is 3.17. The number of aromatic nitrogens is 2. The van der Waals surface area contributed by atoms with Gasteiger partial charge in [0, 0.05) is 0 Å². The molecule has 3 nitrogen and oxygen atoms in total. The molecule has 0 aromatic carbocycles. The Morgan fingerprint density at radius 1 is 1.56 bits per heavy atom. The fourth-order valence-corrected chi connectivity index (χ4v) is 0.716. The predicted molar refractivity (Wildman–Crippen MR) is 38.4 cm³/mol. The van der Waals surface area contributed by atoms with E-state index in [4.69, 9.17) is 5.73 Å². The van der Waals surface area contributed by atoms with E-state index >= 15 is 0 Å². The molecule has 0 saturated carbocycles. The largest absolute Gasteiger partial charge is 0.381 e. The van der Waals surface area contributed by atoms with Crippen molar-refractivity contribution in [2.45, 2.75) is 11.8 Å². The Hall–Kier alpha value is -0.770. The van der Waals surface area contributed by atoms with Crippen LogP contribution >= 0.6 is 12.6 Å². The molecule has 0 fully saturated rings. The van der Waals surface area contributed by atoms with Gasteiger partial charge in [0.15, 0.2) is 5.82 Å². The van der Waals surface area contributed by atoms with Crippen molar-refractivity contribution in [2.75, 3.05) is 5.73 Å². The maximum Gasteiger partial charge on any atom is 0.159 e. The summed E-state index contributed by atoms with van der Waals surface area (Å²) in [6.07, 6.45) is 0. The summed E-state index contributed by atoms with van der Waals surface area (Å²) < 4.78 is 0. The normalized spacial score (nSPS) is 9.56. The number of nitrogens with zero attached hydrogens (tertiary/aromatic N) is 2. The highest BCUT2D eigenvalue weighted by Crippen LogP contribution is 2.11. The van der Waals surface area contributed by atoms with Crippen LogP contribution < -0.4 is 5.73 Å². The van der Waals surface area contributed by atoms with Gasteiger partial charge in [0.1, 0.15) is 0 Å². The first-order valence-electron chi connectivity index (χ1n) is 2.49. The summed E-state index contributed by atoms with van der Waals surface area (Å²) in [5.41, 5.74) is 6.17. The van der Waals surface area contributed by atoms with Gasteiger partial charge in [-0.15, -0.1) is 17.7 Å². The van der Waals surface area contributed by atoms with Crippen LogP contribution in [0.15, 0.2) is 11.0 Å². The molecular formula is C5H7N3S. The highest BCUT2D eigenvalue weighted by Gasteiger charge is 1.94. The maximum atomic E-state index is 5.34. The zero-order valence-electron chi connectivity index (χ0n) is 5.00. The van der Waals surface area contributed by atoms with Crippen molar-refractivity contribution >= 4 is 18.4 Å². The van der Waals surface area contributed by atoms with Crippen LogP contribution in [-0.4, -0.2) is 10.2 Å². The van der Waals surface area contributed by atoms with E-state index < -0.39 is 0 Å². The van der Waals surface area contributed by atoms with Crippen LogP contribution in [0.1, 0.15) is 5.69 Å². The molecule has 0 atom stereocenters. The Kier molecular flexibility index (Phi) is 1.57. The van der Waals surface area contributed by atoms with Crippen molar-refractivity contribution < 1.29 is 0 Å². The fraction of sp³-hybridized carbons (Fsp3) is 0.200. The molecular weight excluding hydrogens is 134 g/mol. The third kappa shape index (κ3) is 1.32. The summed E-state index contributed by atoms with van der Waals surface area (Å²) in [7, 11) is 0. The van der Waals surface area contributed by atoms with Gasteiger partial charge in [0.2, 0.25) is 0 Å². The van der Waals surface area contributed by atoms with E-state index in [1.807, 2.05) is 6.92 Å². The molecule has 0 unspecified atom stereocenters. The minimum Gasteiger partial charge on any atom is -0.381 e. The molecule has 1 aromatic heterocycles. The lowest BCUT2D eigenvalue weighted by Gasteiger charge is -1.94. The SMILES string of the molecule is Cc1cc(S)c(N)nn1. The van der Waals surface area contributed by atoms with E-state index in [2.05, 4.69) is 22.8 Å². The molecule has 0 aliphatic heterocycles. The molecule has 48 valence electrons. The second-order valence-electron chi connectivity index (χ2n) is 1.76. The zero-order chi connectivity index (χ0) is 6.85. The van der Waals surface area contributed by atoms with E-state index in [-0.39, 0.29) is 0 Å². The van der Waals surface area contributed by atoms with E-state index in [1.54, 1.807) is 6.07 Å². The first kappa shape index (κ1) is 6.35. The monoisotopic (exact) mass is 141 g/mol. The van der Waals surface area contributed by atoms with Gasteiger partial charge < -0.3 is 5.73 Å². The third-order valence-electron chi connectivity index (χ3n) is 0.924. The lowest BCUT2D eigenvalue weighted by Crippen LogP contribution is -1.95. The van der Waals surface area contributed by atoms with E-state index in [0.717, 1.165) is 5.69 Å². The van der Waals surface area contributed by atoms with Gasteiger partial charge >= 0.3 is 0 Å². The number of anilines is 1. The van der Waals surface area contributed by atoms with Gasteiger partial charge in [-0.05, 0) is 13.0 Å².